The Morgan fingerprint density at radius 3 is 2.68 bits per heavy atom. The number of aryl methyl sites for hydroxylation is 2. The number of amides is 1. The number of rotatable bonds is 5. The van der Waals surface area contributed by atoms with E-state index < -0.39 is 18.0 Å². The van der Waals surface area contributed by atoms with Gasteiger partial charge in [0.15, 0.2) is 11.6 Å². The van der Waals surface area contributed by atoms with Crippen molar-refractivity contribution in [3.8, 4) is 22.2 Å². The average molecular weight is 533 g/mol. The molecule has 192 valence electrons. The van der Waals surface area contributed by atoms with Crippen LogP contribution in [0.1, 0.15) is 17.0 Å². The van der Waals surface area contributed by atoms with Gasteiger partial charge in [-0.15, -0.1) is 11.3 Å². The molecule has 3 aromatic heterocycles. The van der Waals surface area contributed by atoms with Crippen molar-refractivity contribution >= 4 is 44.4 Å². The van der Waals surface area contributed by atoms with Crippen molar-refractivity contribution < 1.29 is 23.8 Å². The normalized spacial score (nSPS) is 14.5. The molecular weight excluding hydrogens is 511 g/mol. The molecular formula is C26H21FN6O4S. The number of hydrogen-bond donors (Lipinski definition) is 1. The van der Waals surface area contributed by atoms with Crippen LogP contribution < -0.4 is 14.4 Å². The Balaban J connectivity index is 1.37. The predicted molar refractivity (Wildman–Crippen MR) is 140 cm³/mol. The van der Waals surface area contributed by atoms with Crippen molar-refractivity contribution in [3.05, 3.63) is 59.6 Å². The highest BCUT2D eigenvalue weighted by Gasteiger charge is 2.33. The van der Waals surface area contributed by atoms with E-state index in [-0.39, 0.29) is 12.3 Å². The molecule has 1 aliphatic heterocycles. The fourth-order valence-electron chi connectivity index (χ4n) is 4.58. The number of fused-ring (bicyclic) bond motifs is 4. The van der Waals surface area contributed by atoms with Crippen LogP contribution in [0.5, 0.6) is 11.6 Å². The zero-order valence-electron chi connectivity index (χ0n) is 20.6. The van der Waals surface area contributed by atoms with E-state index in [2.05, 4.69) is 19.9 Å². The third-order valence-corrected chi connectivity index (χ3v) is 7.47. The summed E-state index contributed by atoms with van der Waals surface area (Å²) >= 11 is 1.42. The number of carbonyl (C=O) groups is 1. The van der Waals surface area contributed by atoms with Crippen molar-refractivity contribution in [2.45, 2.75) is 26.4 Å². The molecule has 0 radical (unpaired) electrons. The van der Waals surface area contributed by atoms with Crippen molar-refractivity contribution in [1.29, 1.82) is 0 Å². The third kappa shape index (κ3) is 4.12. The van der Waals surface area contributed by atoms with Crippen LogP contribution in [0.25, 0.3) is 31.8 Å². The first-order chi connectivity index (χ1) is 18.3. The molecule has 10 nitrogen and oxygen atoms in total. The molecule has 0 aliphatic carbocycles. The van der Waals surface area contributed by atoms with Gasteiger partial charge in [0.05, 0.1) is 59.2 Å². The van der Waals surface area contributed by atoms with E-state index in [1.807, 2.05) is 19.1 Å². The van der Waals surface area contributed by atoms with Crippen LogP contribution >= 0.6 is 11.3 Å². The Hall–Kier alpha value is -4.45. The van der Waals surface area contributed by atoms with Crippen molar-refractivity contribution in [2.24, 2.45) is 0 Å². The minimum Gasteiger partial charge on any atom is -0.485 e. The minimum absolute atomic E-state index is 0.0109. The van der Waals surface area contributed by atoms with E-state index >= 15 is 4.39 Å². The molecule has 4 heterocycles. The number of carboxylic acid groups (broad SMARTS) is 1. The number of halogens is 1. The van der Waals surface area contributed by atoms with E-state index in [4.69, 9.17) is 14.5 Å². The molecule has 38 heavy (non-hydrogen) atoms. The maximum Gasteiger partial charge on any atom is 0.412 e. The molecule has 6 rings (SSSR count). The van der Waals surface area contributed by atoms with Gasteiger partial charge in [-0.3, -0.25) is 4.90 Å². The topological polar surface area (TPSA) is 123 Å². The molecule has 1 atom stereocenters. The summed E-state index contributed by atoms with van der Waals surface area (Å²) in [5.41, 5.74) is 4.59. The standard InChI is InChI=1S/C26H21FN6O4S/c1-12-4-16(22-19(5-12)31-21(36-3)10-30-22)25-32-20-7-18(27)23-17(24(20)38-25)6-15(37-23)11-33(26(34)35)14-8-28-13(2)29-9-14/h4-5,7-10,15H,6,11H2,1-3H3,(H,34,35). The summed E-state index contributed by atoms with van der Waals surface area (Å²) < 4.78 is 27.0. The molecule has 1 unspecified atom stereocenters. The van der Waals surface area contributed by atoms with Crippen LogP contribution in [0, 0.1) is 19.7 Å². The fraction of sp³-hybridized carbons (Fsp3) is 0.231. The Kier molecular flexibility index (Phi) is 5.75. The number of thiazole rings is 1. The highest BCUT2D eigenvalue weighted by Crippen LogP contribution is 2.43. The lowest BCUT2D eigenvalue weighted by Gasteiger charge is -2.22. The molecule has 2 aromatic carbocycles. The van der Waals surface area contributed by atoms with E-state index in [1.54, 1.807) is 13.1 Å². The van der Waals surface area contributed by atoms with Gasteiger partial charge in [-0.2, -0.15) is 0 Å². The summed E-state index contributed by atoms with van der Waals surface area (Å²) in [5.74, 6) is 0.530. The van der Waals surface area contributed by atoms with Crippen molar-refractivity contribution in [3.63, 3.8) is 0 Å². The lowest BCUT2D eigenvalue weighted by Crippen LogP contribution is -2.38. The van der Waals surface area contributed by atoms with Crippen molar-refractivity contribution in [2.75, 3.05) is 18.6 Å². The van der Waals surface area contributed by atoms with Crippen LogP contribution in [0.3, 0.4) is 0 Å². The van der Waals surface area contributed by atoms with Crippen LogP contribution in [-0.4, -0.2) is 55.9 Å². The highest BCUT2D eigenvalue weighted by molar-refractivity contribution is 7.22. The summed E-state index contributed by atoms with van der Waals surface area (Å²) in [7, 11) is 1.54. The first-order valence-corrected chi connectivity index (χ1v) is 12.5. The second kappa shape index (κ2) is 9.14. The van der Waals surface area contributed by atoms with Crippen LogP contribution in [0.15, 0.2) is 36.8 Å². The van der Waals surface area contributed by atoms with Gasteiger partial charge in [-0.1, -0.05) is 0 Å². The Morgan fingerprint density at radius 2 is 1.95 bits per heavy atom. The minimum atomic E-state index is -1.17. The number of methoxy groups -OCH3 is 1. The smallest absolute Gasteiger partial charge is 0.412 e. The Bertz CT molecular complexity index is 1730. The lowest BCUT2D eigenvalue weighted by atomic mass is 10.1. The van der Waals surface area contributed by atoms with Gasteiger partial charge >= 0.3 is 6.09 Å². The second-order valence-corrected chi connectivity index (χ2v) is 9.95. The summed E-state index contributed by atoms with van der Waals surface area (Å²) in [6, 6.07) is 5.25. The predicted octanol–water partition coefficient (Wildman–Crippen LogP) is 4.95. The molecule has 0 bridgehead atoms. The number of aromatic nitrogens is 5. The van der Waals surface area contributed by atoms with Gasteiger partial charge < -0.3 is 14.6 Å². The zero-order chi connectivity index (χ0) is 26.6. The molecule has 12 heteroatoms. The van der Waals surface area contributed by atoms with E-state index in [0.717, 1.165) is 20.7 Å². The summed E-state index contributed by atoms with van der Waals surface area (Å²) in [4.78, 5) is 35.0. The largest absolute Gasteiger partial charge is 0.485 e. The van der Waals surface area contributed by atoms with E-state index in [9.17, 15) is 9.90 Å². The molecule has 1 amide bonds. The number of ether oxygens (including phenoxy) is 2. The molecule has 0 saturated heterocycles. The van der Waals surface area contributed by atoms with Crippen LogP contribution in [-0.2, 0) is 6.42 Å². The van der Waals surface area contributed by atoms with Gasteiger partial charge in [-0.25, -0.2) is 34.1 Å². The van der Waals surface area contributed by atoms with Gasteiger partial charge in [0.2, 0.25) is 5.88 Å². The molecule has 0 fully saturated rings. The average Bonchev–Trinajstić information content (AvgIpc) is 3.51. The maximum absolute atomic E-state index is 15.1. The second-order valence-electron chi connectivity index (χ2n) is 8.95. The molecule has 0 saturated carbocycles. The van der Waals surface area contributed by atoms with Gasteiger partial charge in [-0.05, 0) is 31.5 Å². The van der Waals surface area contributed by atoms with Gasteiger partial charge in [0.1, 0.15) is 16.9 Å². The number of anilines is 1. The number of nitrogens with zero attached hydrogens (tertiary/aromatic N) is 6. The number of benzene rings is 2. The first-order valence-electron chi connectivity index (χ1n) is 11.7. The molecule has 5 aromatic rings. The van der Waals surface area contributed by atoms with Gasteiger partial charge in [0, 0.05) is 23.6 Å². The summed E-state index contributed by atoms with van der Waals surface area (Å²) in [6.45, 7) is 3.66. The van der Waals surface area contributed by atoms with Crippen LogP contribution in [0.4, 0.5) is 14.9 Å². The lowest BCUT2D eigenvalue weighted by molar-refractivity contribution is 0.190. The molecule has 1 aliphatic rings. The van der Waals surface area contributed by atoms with Gasteiger partial charge in [0.25, 0.3) is 0 Å². The van der Waals surface area contributed by atoms with Crippen molar-refractivity contribution in [1.82, 2.24) is 24.9 Å². The van der Waals surface area contributed by atoms with Crippen LogP contribution in [0.2, 0.25) is 0 Å². The van der Waals surface area contributed by atoms with E-state index in [1.165, 1.54) is 36.9 Å². The fourth-order valence-corrected chi connectivity index (χ4v) is 5.69. The Labute approximate surface area is 219 Å². The Morgan fingerprint density at radius 1 is 1.16 bits per heavy atom. The molecule has 1 N–H and O–H groups in total. The molecule has 0 spiro atoms. The quantitative estimate of drug-likeness (QED) is 0.335. The SMILES string of the molecule is COc1cnc2c(-c3nc4cc(F)c5c(c4s3)CC(CN(C(=O)O)c3cnc(C)nc3)O5)cc(C)cc2n1. The highest BCUT2D eigenvalue weighted by atomic mass is 32.1. The third-order valence-electron chi connectivity index (χ3n) is 6.30. The van der Waals surface area contributed by atoms with E-state index in [0.29, 0.717) is 50.9 Å². The maximum atomic E-state index is 15.1. The monoisotopic (exact) mass is 532 g/mol. The first kappa shape index (κ1) is 23.9. The summed E-state index contributed by atoms with van der Waals surface area (Å²) in [6.07, 6.45) is 3.00. The number of hydrogen-bond acceptors (Lipinski definition) is 9. The summed E-state index contributed by atoms with van der Waals surface area (Å²) in [5, 5.41) is 10.5. The zero-order valence-corrected chi connectivity index (χ0v) is 21.4.